The Morgan fingerprint density at radius 3 is 2.85 bits per heavy atom. The highest BCUT2D eigenvalue weighted by atomic mass is 32.2. The van der Waals surface area contributed by atoms with Crippen molar-refractivity contribution in [3.05, 3.63) is 52.0 Å². The van der Waals surface area contributed by atoms with E-state index in [0.717, 1.165) is 24.0 Å². The van der Waals surface area contributed by atoms with E-state index in [0.29, 0.717) is 29.5 Å². The third-order valence-electron chi connectivity index (χ3n) is 5.68. The molecule has 0 unspecified atom stereocenters. The lowest BCUT2D eigenvalue weighted by molar-refractivity contribution is 0.0194. The van der Waals surface area contributed by atoms with Crippen molar-refractivity contribution in [2.75, 3.05) is 13.1 Å². The second-order valence-corrected chi connectivity index (χ2v) is 9.65. The van der Waals surface area contributed by atoms with Crippen LogP contribution in [0.25, 0.3) is 6.08 Å². The molecule has 8 heteroatoms. The maximum absolute atomic E-state index is 13.1. The molecular formula is C19H21N3O4S. The second kappa shape index (κ2) is 5.98. The highest BCUT2D eigenvalue weighted by molar-refractivity contribution is 7.93. The molecule has 2 aliphatic carbocycles. The molecule has 27 heavy (non-hydrogen) atoms. The van der Waals surface area contributed by atoms with E-state index < -0.39 is 15.6 Å². The summed E-state index contributed by atoms with van der Waals surface area (Å²) in [4.78, 5) is 4.72. The van der Waals surface area contributed by atoms with Crippen molar-refractivity contribution in [3.8, 4) is 0 Å². The van der Waals surface area contributed by atoms with E-state index in [9.17, 15) is 13.5 Å². The van der Waals surface area contributed by atoms with Crippen LogP contribution in [0.5, 0.6) is 0 Å². The second-order valence-electron chi connectivity index (χ2n) is 7.66. The number of β-amino-alcohol motifs (C(OH)–C–C–N with tert-alkyl or cyclic N) is 1. The number of benzene rings is 1. The van der Waals surface area contributed by atoms with Crippen molar-refractivity contribution in [1.29, 1.82) is 0 Å². The van der Waals surface area contributed by atoms with Crippen LogP contribution in [0.2, 0.25) is 0 Å². The fourth-order valence-electron chi connectivity index (χ4n) is 3.85. The Morgan fingerprint density at radius 1 is 1.22 bits per heavy atom. The van der Waals surface area contributed by atoms with Crippen LogP contribution in [0, 0.1) is 0 Å². The molecule has 1 saturated heterocycles. The van der Waals surface area contributed by atoms with Gasteiger partial charge in [-0.25, -0.2) is 8.42 Å². The van der Waals surface area contributed by atoms with Gasteiger partial charge in [0.15, 0.2) is 11.4 Å². The molecule has 0 amide bonds. The molecule has 1 N–H and O–H groups in total. The third kappa shape index (κ3) is 2.92. The maximum atomic E-state index is 13.1. The minimum atomic E-state index is -3.64. The van der Waals surface area contributed by atoms with E-state index in [-0.39, 0.29) is 25.4 Å². The van der Waals surface area contributed by atoms with Crippen LogP contribution in [0.4, 0.5) is 0 Å². The van der Waals surface area contributed by atoms with Gasteiger partial charge in [0, 0.05) is 18.9 Å². The number of fused-ring (bicyclic) bond motifs is 1. The van der Waals surface area contributed by atoms with Gasteiger partial charge >= 0.3 is 0 Å². The van der Waals surface area contributed by atoms with Gasteiger partial charge in [-0.05, 0) is 42.9 Å². The molecule has 1 aliphatic heterocycles. The molecular weight excluding hydrogens is 366 g/mol. The summed E-state index contributed by atoms with van der Waals surface area (Å²) in [5, 5.41) is 14.9. The molecule has 1 aromatic heterocycles. The number of hydrogen-bond acceptors (Lipinski definition) is 6. The van der Waals surface area contributed by atoms with Crippen molar-refractivity contribution in [3.63, 3.8) is 0 Å². The molecule has 1 saturated carbocycles. The largest absolute Gasteiger partial charge is 0.379 e. The monoisotopic (exact) mass is 387 g/mol. The van der Waals surface area contributed by atoms with Crippen LogP contribution in [0.3, 0.4) is 0 Å². The summed E-state index contributed by atoms with van der Waals surface area (Å²) in [6, 6.07) is 7.83. The molecule has 2 fully saturated rings. The lowest BCUT2D eigenvalue weighted by Gasteiger charge is -2.23. The highest BCUT2D eigenvalue weighted by Crippen LogP contribution is 2.41. The third-order valence-corrected chi connectivity index (χ3v) is 7.65. The lowest BCUT2D eigenvalue weighted by Crippen LogP contribution is -2.35. The number of aryl methyl sites for hydroxylation is 1. The Hall–Kier alpha value is -2.03. The minimum Gasteiger partial charge on any atom is -0.379 e. The van der Waals surface area contributed by atoms with Crippen LogP contribution in [0.15, 0.2) is 33.7 Å². The average molecular weight is 387 g/mol. The maximum Gasteiger partial charge on any atom is 0.260 e. The first-order chi connectivity index (χ1) is 13.0. The van der Waals surface area contributed by atoms with Crippen molar-refractivity contribution in [1.82, 2.24) is 14.4 Å². The highest BCUT2D eigenvalue weighted by Gasteiger charge is 2.47. The van der Waals surface area contributed by atoms with Gasteiger partial charge in [0.1, 0.15) is 0 Å². The number of rotatable bonds is 4. The van der Waals surface area contributed by atoms with Gasteiger partial charge < -0.3 is 9.63 Å². The van der Waals surface area contributed by atoms with E-state index >= 15 is 0 Å². The van der Waals surface area contributed by atoms with Gasteiger partial charge in [-0.2, -0.15) is 9.29 Å². The number of sulfonamides is 1. The zero-order chi connectivity index (χ0) is 18.6. The topological polar surface area (TPSA) is 96.5 Å². The van der Waals surface area contributed by atoms with Crippen LogP contribution in [-0.2, 0) is 22.0 Å². The van der Waals surface area contributed by atoms with E-state index in [1.807, 2.05) is 24.3 Å². The summed E-state index contributed by atoms with van der Waals surface area (Å²) in [5.41, 5.74) is 0.691. The van der Waals surface area contributed by atoms with E-state index in [2.05, 4.69) is 10.1 Å². The van der Waals surface area contributed by atoms with E-state index in [1.54, 1.807) is 6.08 Å². The number of aromatic nitrogens is 2. The molecule has 0 bridgehead atoms. The molecule has 1 atom stereocenters. The lowest BCUT2D eigenvalue weighted by atomic mass is 9.98. The first-order valence-electron chi connectivity index (χ1n) is 9.31. The standard InChI is InChI=1S/C19H21N3O4S/c23-19(18-20-17(21-26-18)14-5-6-14)9-10-22(12-19)27(24,25)16-8-7-13-3-1-2-4-15(13)11-16/h1-4,11,14,23H,5-10,12H2/t19-/m1/s1. The zero-order valence-electron chi connectivity index (χ0n) is 14.8. The van der Waals surface area contributed by atoms with Crippen molar-refractivity contribution < 1.29 is 18.0 Å². The van der Waals surface area contributed by atoms with Gasteiger partial charge in [0.25, 0.3) is 5.89 Å². The molecule has 2 aromatic rings. The summed E-state index contributed by atoms with van der Waals surface area (Å²) in [7, 11) is -3.64. The molecule has 7 nitrogen and oxygen atoms in total. The van der Waals surface area contributed by atoms with Crippen molar-refractivity contribution in [2.45, 2.75) is 43.6 Å². The summed E-state index contributed by atoms with van der Waals surface area (Å²) in [6.07, 6.45) is 5.25. The van der Waals surface area contributed by atoms with Gasteiger partial charge in [0.2, 0.25) is 10.0 Å². The summed E-state index contributed by atoms with van der Waals surface area (Å²) >= 11 is 0. The fraction of sp³-hybridized carbons (Fsp3) is 0.474. The van der Waals surface area contributed by atoms with Crippen LogP contribution < -0.4 is 0 Å². The predicted octanol–water partition coefficient (Wildman–Crippen LogP) is 2.16. The van der Waals surface area contributed by atoms with Gasteiger partial charge in [0.05, 0.1) is 11.4 Å². The van der Waals surface area contributed by atoms with Gasteiger partial charge in [-0.3, -0.25) is 0 Å². The number of aliphatic hydroxyl groups is 1. The minimum absolute atomic E-state index is 0.0549. The SMILES string of the molecule is O=S(=O)(C1=Cc2ccccc2CC1)N1CC[C@](O)(c2nc(C3CC3)no2)C1. The number of hydrogen-bond donors (Lipinski definition) is 1. The zero-order valence-corrected chi connectivity index (χ0v) is 15.7. The Kier molecular flexibility index (Phi) is 3.79. The van der Waals surface area contributed by atoms with Gasteiger partial charge in [-0.1, -0.05) is 29.4 Å². The molecule has 3 aliphatic rings. The van der Waals surface area contributed by atoms with E-state index in [4.69, 9.17) is 4.52 Å². The smallest absolute Gasteiger partial charge is 0.260 e. The van der Waals surface area contributed by atoms with Crippen LogP contribution in [-0.4, -0.2) is 41.1 Å². The van der Waals surface area contributed by atoms with Crippen LogP contribution in [0.1, 0.15) is 54.4 Å². The Bertz CT molecular complexity index is 1030. The predicted molar refractivity (Wildman–Crippen MR) is 98.0 cm³/mol. The molecule has 142 valence electrons. The molecule has 2 heterocycles. The van der Waals surface area contributed by atoms with Crippen LogP contribution >= 0.6 is 0 Å². The summed E-state index contributed by atoms with van der Waals surface area (Å²) in [6.45, 7) is 0.180. The number of nitrogens with zero attached hydrogens (tertiary/aromatic N) is 3. The summed E-state index contributed by atoms with van der Waals surface area (Å²) in [5.74, 6) is 1.07. The Balaban J connectivity index is 1.39. The number of allylic oxidation sites excluding steroid dienone is 1. The quantitative estimate of drug-likeness (QED) is 0.864. The Morgan fingerprint density at radius 2 is 2.04 bits per heavy atom. The normalized spacial score (nSPS) is 26.0. The average Bonchev–Trinajstić information content (AvgIpc) is 3.24. The molecule has 5 rings (SSSR count). The first-order valence-corrected chi connectivity index (χ1v) is 10.7. The summed E-state index contributed by atoms with van der Waals surface area (Å²) < 4.78 is 32.8. The van der Waals surface area contributed by atoms with Gasteiger partial charge in [-0.15, -0.1) is 0 Å². The molecule has 1 aromatic carbocycles. The molecule has 0 spiro atoms. The molecule has 0 radical (unpaired) electrons. The first kappa shape index (κ1) is 17.1. The fourth-order valence-corrected chi connectivity index (χ4v) is 5.53. The van der Waals surface area contributed by atoms with Crippen molar-refractivity contribution >= 4 is 16.1 Å². The van der Waals surface area contributed by atoms with Crippen molar-refractivity contribution in [2.24, 2.45) is 0 Å². The van der Waals surface area contributed by atoms with E-state index in [1.165, 1.54) is 4.31 Å². The Labute approximate surface area is 157 Å².